The first-order valence-electron chi connectivity index (χ1n) is 19.0. The number of benzene rings is 2. The first-order chi connectivity index (χ1) is 27.0. The zero-order valence-electron chi connectivity index (χ0n) is 32.9. The van der Waals surface area contributed by atoms with E-state index in [2.05, 4.69) is 25.3 Å². The largest absolute Gasteiger partial charge is 0.478 e. The van der Waals surface area contributed by atoms with Gasteiger partial charge in [0.1, 0.15) is 5.60 Å². The number of amides is 3. The molecule has 1 aliphatic rings. The summed E-state index contributed by atoms with van der Waals surface area (Å²) in [5, 5.41) is 8.38. The van der Waals surface area contributed by atoms with E-state index in [4.69, 9.17) is 15.2 Å². The van der Waals surface area contributed by atoms with Gasteiger partial charge in [-0.15, -0.1) is 0 Å². The molecule has 0 aliphatic heterocycles. The summed E-state index contributed by atoms with van der Waals surface area (Å²) in [6.07, 6.45) is -0.275. The number of hydrogen-bond acceptors (Lipinski definition) is 10. The number of halogens is 3. The minimum atomic E-state index is -4.71. The zero-order chi connectivity index (χ0) is 41.3. The third-order valence-electron chi connectivity index (χ3n) is 9.48. The van der Waals surface area contributed by atoms with Crippen LogP contribution in [0.3, 0.4) is 0 Å². The van der Waals surface area contributed by atoms with Gasteiger partial charge in [0, 0.05) is 42.4 Å². The third kappa shape index (κ3) is 12.3. The molecule has 0 unspecified atom stereocenters. The topological polar surface area (TPSA) is 169 Å². The molecule has 3 amide bonds. The first-order valence-corrected chi connectivity index (χ1v) is 19.0. The van der Waals surface area contributed by atoms with E-state index in [1.54, 1.807) is 27.0 Å². The Morgan fingerprint density at radius 3 is 2.28 bits per heavy atom. The summed E-state index contributed by atoms with van der Waals surface area (Å²) in [4.78, 5) is 51.8. The lowest BCUT2D eigenvalue weighted by Gasteiger charge is -2.32. The average Bonchev–Trinajstić information content (AvgIpc) is 3.68. The number of nitrogens with zero attached hydrogens (tertiary/aromatic N) is 5. The maximum Gasteiger partial charge on any atom is 0.451 e. The fourth-order valence-electron chi connectivity index (χ4n) is 6.56. The maximum absolute atomic E-state index is 14.3. The van der Waals surface area contributed by atoms with E-state index in [-0.39, 0.29) is 29.4 Å². The van der Waals surface area contributed by atoms with Crippen LogP contribution in [0.2, 0.25) is 0 Å². The van der Waals surface area contributed by atoms with Crippen molar-refractivity contribution in [3.05, 3.63) is 78.2 Å². The highest BCUT2D eigenvalue weighted by atomic mass is 19.4. The Kier molecular flexibility index (Phi) is 14.1. The number of aromatic nitrogens is 4. The highest BCUT2D eigenvalue weighted by Gasteiger charge is 2.37. The Morgan fingerprint density at radius 1 is 0.965 bits per heavy atom. The molecule has 1 saturated carbocycles. The van der Waals surface area contributed by atoms with E-state index in [1.807, 2.05) is 55.6 Å². The normalized spacial score (nSPS) is 16.5. The number of imide groups is 1. The lowest BCUT2D eigenvalue weighted by Crippen LogP contribution is -2.50. The predicted molar refractivity (Wildman–Crippen MR) is 209 cm³/mol. The number of anilines is 1. The van der Waals surface area contributed by atoms with Gasteiger partial charge in [-0.1, -0.05) is 24.3 Å². The Morgan fingerprint density at radius 2 is 1.67 bits per heavy atom. The van der Waals surface area contributed by atoms with Crippen LogP contribution in [0.5, 0.6) is 5.88 Å². The van der Waals surface area contributed by atoms with E-state index < -0.39 is 47.5 Å². The molecule has 2 heterocycles. The molecule has 4 N–H and O–H groups in total. The second-order valence-electron chi connectivity index (χ2n) is 15.6. The molecule has 0 spiro atoms. The molecule has 1 aliphatic carbocycles. The van der Waals surface area contributed by atoms with Crippen molar-refractivity contribution in [3.63, 3.8) is 0 Å². The number of rotatable bonds is 14. The monoisotopic (exact) mass is 792 g/mol. The molecule has 16 heteroatoms. The number of alkyl halides is 3. The van der Waals surface area contributed by atoms with Gasteiger partial charge in [-0.05, 0) is 121 Å². The van der Waals surface area contributed by atoms with E-state index in [1.165, 1.54) is 24.3 Å². The number of pyridine rings is 1. The van der Waals surface area contributed by atoms with Crippen LogP contribution in [-0.2, 0) is 26.9 Å². The summed E-state index contributed by atoms with van der Waals surface area (Å²) in [5.74, 6) is -2.34. The Hall–Kier alpha value is -5.35. The second-order valence-corrected chi connectivity index (χ2v) is 15.6. The van der Waals surface area contributed by atoms with E-state index in [0.29, 0.717) is 44.7 Å². The highest BCUT2D eigenvalue weighted by molar-refractivity contribution is 6.17. The number of nitrogens with two attached hydrogens (primary N) is 1. The Bertz CT molecular complexity index is 1950. The first kappa shape index (κ1) is 42.8. The lowest BCUT2D eigenvalue weighted by atomic mass is 9.81. The highest BCUT2D eigenvalue weighted by Crippen LogP contribution is 2.33. The number of hydrogen-bond donors (Lipinski definition) is 3. The van der Waals surface area contributed by atoms with Gasteiger partial charge in [0.15, 0.2) is 5.82 Å². The molecule has 13 nitrogen and oxygen atoms in total. The fourth-order valence-corrected chi connectivity index (χ4v) is 6.56. The minimum absolute atomic E-state index is 0.120. The van der Waals surface area contributed by atoms with Crippen LogP contribution in [0.15, 0.2) is 66.9 Å². The van der Waals surface area contributed by atoms with Crippen molar-refractivity contribution in [1.29, 1.82) is 0 Å². The maximum atomic E-state index is 14.3. The molecular formula is C41H51F3N8O5. The number of carbonyl (C=O) groups excluding carboxylic acids is 3. The molecule has 57 heavy (non-hydrogen) atoms. The lowest BCUT2D eigenvalue weighted by molar-refractivity contribution is -0.144. The van der Waals surface area contributed by atoms with E-state index in [9.17, 15) is 27.6 Å². The van der Waals surface area contributed by atoms with Crippen LogP contribution in [0.4, 0.5) is 23.7 Å². The summed E-state index contributed by atoms with van der Waals surface area (Å²) in [5.41, 5.74) is 8.90. The summed E-state index contributed by atoms with van der Waals surface area (Å²) in [7, 11) is 4.01. The zero-order valence-corrected chi connectivity index (χ0v) is 32.9. The molecule has 5 rings (SSSR count). The van der Waals surface area contributed by atoms with Crippen molar-refractivity contribution < 1.29 is 37.0 Å². The van der Waals surface area contributed by atoms with Crippen LogP contribution in [0.25, 0.3) is 22.5 Å². The van der Waals surface area contributed by atoms with Crippen molar-refractivity contribution in [2.24, 2.45) is 17.6 Å². The molecule has 1 atom stereocenters. The van der Waals surface area contributed by atoms with Crippen LogP contribution in [0, 0.1) is 11.8 Å². The van der Waals surface area contributed by atoms with Gasteiger partial charge in [-0.2, -0.15) is 18.3 Å². The van der Waals surface area contributed by atoms with E-state index in [0.717, 1.165) is 34.6 Å². The fraction of sp³-hybridized carbons (Fsp3) is 0.463. The molecule has 0 saturated heterocycles. The van der Waals surface area contributed by atoms with Crippen LogP contribution in [0.1, 0.15) is 64.3 Å². The van der Waals surface area contributed by atoms with Crippen molar-refractivity contribution in [1.82, 2.24) is 30.4 Å². The number of ether oxygens (including phenoxy) is 2. The van der Waals surface area contributed by atoms with Gasteiger partial charge in [0.25, 0.3) is 5.91 Å². The quantitative estimate of drug-likeness (QED) is 0.118. The van der Waals surface area contributed by atoms with Gasteiger partial charge in [-0.25, -0.2) is 19.7 Å². The van der Waals surface area contributed by atoms with Gasteiger partial charge in [0.05, 0.1) is 18.3 Å². The van der Waals surface area contributed by atoms with Crippen molar-refractivity contribution in [3.8, 4) is 28.4 Å². The summed E-state index contributed by atoms with van der Waals surface area (Å²) in [6.45, 7) is 7.21. The average molecular weight is 793 g/mol. The van der Waals surface area contributed by atoms with Crippen molar-refractivity contribution in [2.45, 2.75) is 77.1 Å². The number of carbonyl (C=O) groups is 3. The smallest absolute Gasteiger partial charge is 0.451 e. The summed E-state index contributed by atoms with van der Waals surface area (Å²) in [6, 6.07) is 16.0. The van der Waals surface area contributed by atoms with Crippen LogP contribution in [-0.4, -0.2) is 88.4 Å². The van der Waals surface area contributed by atoms with Gasteiger partial charge in [0.2, 0.25) is 17.6 Å². The number of aromatic amines is 1. The molecule has 2 aromatic carbocycles. The van der Waals surface area contributed by atoms with Crippen LogP contribution >= 0.6 is 0 Å². The van der Waals surface area contributed by atoms with Crippen molar-refractivity contribution >= 4 is 23.6 Å². The van der Waals surface area contributed by atoms with Gasteiger partial charge >= 0.3 is 12.3 Å². The molecule has 4 aromatic rings. The van der Waals surface area contributed by atoms with Crippen molar-refractivity contribution in [2.75, 3.05) is 38.7 Å². The predicted octanol–water partition coefficient (Wildman–Crippen LogP) is 6.64. The Labute approximate surface area is 330 Å². The van der Waals surface area contributed by atoms with Crippen LogP contribution < -0.4 is 20.7 Å². The molecule has 0 radical (unpaired) electrons. The number of alkyl carbamates (subject to hydrolysis) is 1. The number of H-pyrrole nitrogens is 1. The summed E-state index contributed by atoms with van der Waals surface area (Å²) < 4.78 is 50.6. The van der Waals surface area contributed by atoms with Gasteiger partial charge in [-0.3, -0.25) is 14.7 Å². The van der Waals surface area contributed by atoms with Gasteiger partial charge < -0.3 is 25.4 Å². The molecule has 306 valence electrons. The second kappa shape index (κ2) is 18.7. The molecule has 2 aromatic heterocycles. The molecule has 1 fully saturated rings. The minimum Gasteiger partial charge on any atom is -0.478 e. The molecular weight excluding hydrogens is 741 g/mol. The van der Waals surface area contributed by atoms with E-state index >= 15 is 0 Å². The Balaban J connectivity index is 1.30. The standard InChI is InChI=1S/C41H51F3N8O5/c1-40(2,3)57-39(55)47-24-26-10-12-29(13-11-26)36(53)52(32-17-14-28(15-18-32)35-48-38(50-49-35)41(42,43)44)37(54)33(45)23-27-8-6-9-30(22-27)31-16-19-34(46-25-31)56-21-7-20-51(4)5/h6,8-9,14-19,22,25-26,29,33H,7,10-13,20-21,23-24,45H2,1-5H3,(H,47,55)(H,48,49,50)/t26?,29?,33-/m0/s1. The SMILES string of the molecule is CN(C)CCCOc1ccc(-c2cccc(C[C@H](N)C(=O)N(C(=O)C3CCC(CNC(=O)OC(C)(C)C)CC3)c3ccc(-c4n[nH]c(C(F)(F)F)n4)cc3)c2)cn1. The number of nitrogens with one attached hydrogen (secondary N) is 2. The molecule has 0 bridgehead atoms. The third-order valence-corrected chi connectivity index (χ3v) is 9.48. The summed E-state index contributed by atoms with van der Waals surface area (Å²) >= 11 is 0.